The Morgan fingerprint density at radius 1 is 0.667 bits per heavy atom. The standard InChI is InChI=1S/C26H44O6.C14H26O3.C14H22O3/c1-16(15-26(6)25(32-26)19(4)24(30-8)20(5)27)10-9-11-17(2)23-18(3)12-13-21(31-23)14-22(28)29-7;1-7-9(2)8-14(5)13(17-14)10(3)12(16-6)11(4)15;1-5-6-10(2)14-11(3)7-8-12(17-14)9-13(15)16-4/h9-11,16,18-21,23-25,27H,12-15H2,1-8H3;7,9-13,15H,1,8H2,2-6H3;5-6,11-12,14H,1,7-9H2,2-4H3/b10-9+,17-11+;;10-6+/t16-,18+,19-,20-,21-,23-,24-,25-,26+;9-,10-,11-,12-,13-,14+;11-,12+,14+/m110/s1. The van der Waals surface area contributed by atoms with Gasteiger partial charge in [-0.1, -0.05) is 84.6 Å². The van der Waals surface area contributed by atoms with Crippen LogP contribution in [0, 0.1) is 35.5 Å². The van der Waals surface area contributed by atoms with E-state index in [1.807, 2.05) is 19.1 Å². The van der Waals surface area contributed by atoms with E-state index in [4.69, 9.17) is 33.2 Å². The molecular formula is C54H92O12. The molecule has 4 aliphatic heterocycles. The van der Waals surface area contributed by atoms with Crippen molar-refractivity contribution in [3.63, 3.8) is 0 Å². The molecule has 2 N–H and O–H groups in total. The van der Waals surface area contributed by atoms with Gasteiger partial charge in [0.2, 0.25) is 0 Å². The second-order valence-electron chi connectivity index (χ2n) is 20.4. The van der Waals surface area contributed by atoms with Crippen LogP contribution in [0.4, 0.5) is 0 Å². The van der Waals surface area contributed by atoms with Crippen LogP contribution in [0.15, 0.2) is 60.8 Å². The number of hydrogen-bond donors (Lipinski definition) is 2. The van der Waals surface area contributed by atoms with Crippen LogP contribution in [0.1, 0.15) is 134 Å². The van der Waals surface area contributed by atoms with Crippen LogP contribution in [0.2, 0.25) is 0 Å². The maximum absolute atomic E-state index is 11.6. The summed E-state index contributed by atoms with van der Waals surface area (Å²) >= 11 is 0. The molecule has 0 aromatic rings. The van der Waals surface area contributed by atoms with E-state index >= 15 is 0 Å². The van der Waals surface area contributed by atoms with Crippen molar-refractivity contribution in [3.05, 3.63) is 60.8 Å². The monoisotopic (exact) mass is 933 g/mol. The molecular weight excluding hydrogens is 841 g/mol. The number of rotatable bonds is 22. The summed E-state index contributed by atoms with van der Waals surface area (Å²) in [4.78, 5) is 22.8. The molecule has 380 valence electrons. The van der Waals surface area contributed by atoms with Crippen molar-refractivity contribution >= 4 is 11.9 Å². The molecule has 0 saturated carbocycles. The van der Waals surface area contributed by atoms with Gasteiger partial charge in [0, 0.05) is 26.1 Å². The van der Waals surface area contributed by atoms with Crippen LogP contribution in [0.25, 0.3) is 0 Å². The Morgan fingerprint density at radius 3 is 1.41 bits per heavy atom. The molecule has 12 nitrogen and oxygen atoms in total. The van der Waals surface area contributed by atoms with E-state index in [9.17, 15) is 19.8 Å². The zero-order valence-electron chi connectivity index (χ0n) is 43.7. The fraction of sp³-hybridized carbons (Fsp3) is 0.778. The number of epoxide rings is 2. The predicted octanol–water partition coefficient (Wildman–Crippen LogP) is 9.70. The molecule has 66 heavy (non-hydrogen) atoms. The summed E-state index contributed by atoms with van der Waals surface area (Å²) in [6.07, 6.45) is 17.6. The highest BCUT2D eigenvalue weighted by Crippen LogP contribution is 2.48. The summed E-state index contributed by atoms with van der Waals surface area (Å²) in [7, 11) is 6.11. The first-order valence-corrected chi connectivity index (χ1v) is 24.4. The SMILES string of the molecule is C=C/C=C(\C)[C@H]1O[C@@H](CC(=O)OC)CC[C@@H]1C.C=C[C@@H](C)C[C@]1(C)O[C@@H]1[C@H](C)[C@@H](OC)[C@@H](C)O.COC(=O)C[C@H]1CC[C@H](C)[C@@H](/C(C)=C/C=C/[C@@H](C)C[C@]2(C)O[C@@H]2[C@H](C)[C@@H](OC)[C@@H](C)O)O1. The normalized spacial score (nSPS) is 33.5. The number of hydrogen-bond acceptors (Lipinski definition) is 12. The van der Waals surface area contributed by atoms with Gasteiger partial charge >= 0.3 is 11.9 Å². The van der Waals surface area contributed by atoms with Gasteiger partial charge < -0.3 is 48.1 Å². The number of methoxy groups -OCH3 is 4. The highest BCUT2D eigenvalue weighted by atomic mass is 16.6. The quantitative estimate of drug-likeness (QED) is 0.0460. The third-order valence-corrected chi connectivity index (χ3v) is 14.1. The summed E-state index contributed by atoms with van der Waals surface area (Å²) in [5.41, 5.74) is 2.08. The van der Waals surface area contributed by atoms with Gasteiger partial charge in [-0.3, -0.25) is 9.59 Å². The van der Waals surface area contributed by atoms with E-state index < -0.39 is 12.2 Å². The molecule has 18 atom stereocenters. The zero-order chi connectivity index (χ0) is 50.1. The van der Waals surface area contributed by atoms with E-state index in [2.05, 4.69) is 98.4 Å². The first-order valence-electron chi connectivity index (χ1n) is 24.4. The molecule has 4 rings (SSSR count). The van der Waals surface area contributed by atoms with Crippen molar-refractivity contribution in [2.24, 2.45) is 35.5 Å². The Kier molecular flexibility index (Phi) is 25.3. The number of carbonyl (C=O) groups is 2. The van der Waals surface area contributed by atoms with Crippen LogP contribution in [-0.4, -0.2) is 123 Å². The van der Waals surface area contributed by atoms with Gasteiger partial charge in [0.05, 0.1) is 99.3 Å². The van der Waals surface area contributed by atoms with Crippen LogP contribution in [0.3, 0.4) is 0 Å². The Morgan fingerprint density at radius 2 is 1.06 bits per heavy atom. The van der Waals surface area contributed by atoms with Crippen molar-refractivity contribution < 1.29 is 57.7 Å². The lowest BCUT2D eigenvalue weighted by Crippen LogP contribution is -2.36. The lowest BCUT2D eigenvalue weighted by molar-refractivity contribution is -0.148. The molecule has 0 aromatic heterocycles. The molecule has 0 amide bonds. The fourth-order valence-corrected chi connectivity index (χ4v) is 10.4. The summed E-state index contributed by atoms with van der Waals surface area (Å²) in [5.74, 6) is 1.62. The van der Waals surface area contributed by atoms with E-state index in [0.29, 0.717) is 36.5 Å². The number of aliphatic hydroxyl groups is 2. The van der Waals surface area contributed by atoms with Gasteiger partial charge in [-0.05, 0) is 115 Å². The molecule has 12 heteroatoms. The second kappa shape index (κ2) is 28.1. The maximum Gasteiger partial charge on any atom is 0.308 e. The van der Waals surface area contributed by atoms with Gasteiger partial charge in [-0.25, -0.2) is 0 Å². The Labute approximate surface area is 399 Å². The third kappa shape index (κ3) is 18.3. The van der Waals surface area contributed by atoms with Crippen molar-refractivity contribution in [3.8, 4) is 0 Å². The van der Waals surface area contributed by atoms with E-state index in [0.717, 1.165) is 38.5 Å². The summed E-state index contributed by atoms with van der Waals surface area (Å²) < 4.78 is 44.4. The Hall–Kier alpha value is -2.68. The van der Waals surface area contributed by atoms with Crippen molar-refractivity contribution in [2.45, 2.75) is 207 Å². The lowest BCUT2D eigenvalue weighted by Gasteiger charge is -2.35. The van der Waals surface area contributed by atoms with Crippen LogP contribution >= 0.6 is 0 Å². The highest BCUT2D eigenvalue weighted by molar-refractivity contribution is 5.70. The zero-order valence-corrected chi connectivity index (χ0v) is 43.7. The molecule has 4 fully saturated rings. The number of ether oxygens (including phenoxy) is 8. The molecule has 0 radical (unpaired) electrons. The topological polar surface area (TPSA) is 155 Å². The first-order chi connectivity index (χ1) is 30.9. The van der Waals surface area contributed by atoms with Crippen molar-refractivity contribution in [1.29, 1.82) is 0 Å². The minimum atomic E-state index is -0.523. The lowest BCUT2D eigenvalue weighted by atomic mass is 9.85. The Bertz CT molecular complexity index is 1590. The molecule has 0 aromatic carbocycles. The number of aliphatic hydroxyl groups excluding tert-OH is 2. The fourth-order valence-electron chi connectivity index (χ4n) is 10.4. The smallest absolute Gasteiger partial charge is 0.308 e. The number of carbonyl (C=O) groups excluding carboxylic acids is 2. The number of esters is 2. The van der Waals surface area contributed by atoms with Crippen LogP contribution in [0.5, 0.6) is 0 Å². The molecule has 0 spiro atoms. The van der Waals surface area contributed by atoms with Gasteiger partial charge in [0.15, 0.2) is 0 Å². The van der Waals surface area contributed by atoms with Gasteiger partial charge in [-0.2, -0.15) is 0 Å². The average molecular weight is 933 g/mol. The average Bonchev–Trinajstić information content (AvgIpc) is 4.15. The van der Waals surface area contributed by atoms with Gasteiger partial charge in [0.1, 0.15) is 0 Å². The second-order valence-corrected chi connectivity index (χ2v) is 20.4. The molecule has 0 bridgehead atoms. The van der Waals surface area contributed by atoms with Crippen LogP contribution < -0.4 is 0 Å². The van der Waals surface area contributed by atoms with Gasteiger partial charge in [0.25, 0.3) is 0 Å². The number of allylic oxidation sites excluding steroid dienone is 6. The van der Waals surface area contributed by atoms with Crippen molar-refractivity contribution in [1.82, 2.24) is 0 Å². The van der Waals surface area contributed by atoms with E-state index in [-0.39, 0.29) is 83.8 Å². The molecule has 0 unspecified atom stereocenters. The summed E-state index contributed by atoms with van der Waals surface area (Å²) in [5, 5.41) is 19.6. The summed E-state index contributed by atoms with van der Waals surface area (Å²) in [6, 6.07) is 0. The largest absolute Gasteiger partial charge is 0.469 e. The highest BCUT2D eigenvalue weighted by Gasteiger charge is 2.58. The molecule has 4 heterocycles. The molecule has 4 aliphatic rings. The third-order valence-electron chi connectivity index (χ3n) is 14.1. The van der Waals surface area contributed by atoms with E-state index in [1.54, 1.807) is 34.1 Å². The summed E-state index contributed by atoms with van der Waals surface area (Å²) in [6.45, 7) is 32.3. The first kappa shape index (κ1) is 59.4. The minimum absolute atomic E-state index is 0.0168. The van der Waals surface area contributed by atoms with Crippen LogP contribution in [-0.2, 0) is 47.5 Å². The van der Waals surface area contributed by atoms with E-state index in [1.165, 1.54) is 25.4 Å². The molecule has 4 saturated heterocycles. The minimum Gasteiger partial charge on any atom is -0.469 e. The Balaban J connectivity index is 0.000000372. The van der Waals surface area contributed by atoms with Crippen molar-refractivity contribution in [2.75, 3.05) is 28.4 Å². The van der Waals surface area contributed by atoms with Gasteiger partial charge in [-0.15, -0.1) is 6.58 Å². The maximum atomic E-state index is 11.6. The molecule has 0 aliphatic carbocycles. The predicted molar refractivity (Wildman–Crippen MR) is 262 cm³/mol.